The zero-order valence-corrected chi connectivity index (χ0v) is 13.2. The molecule has 2 atom stereocenters. The van der Waals surface area contributed by atoms with Gasteiger partial charge in [0.1, 0.15) is 0 Å². The minimum atomic E-state index is 0.805. The Morgan fingerprint density at radius 3 is 2.14 bits per heavy atom. The zero-order valence-electron chi connectivity index (χ0n) is 13.2. The van der Waals surface area contributed by atoms with E-state index in [2.05, 4.69) is 41.4 Å². The van der Waals surface area contributed by atoms with Crippen molar-refractivity contribution < 1.29 is 0 Å². The van der Waals surface area contributed by atoms with Crippen LogP contribution in [0.1, 0.15) is 37.3 Å². The minimum Gasteiger partial charge on any atom is -0.314 e. The van der Waals surface area contributed by atoms with Gasteiger partial charge in [0.15, 0.2) is 0 Å². The number of hydrogen-bond donors (Lipinski definition) is 1. The molecule has 114 valence electrons. The first kappa shape index (κ1) is 13.8. The monoisotopic (exact) mass is 284 g/mol. The highest BCUT2D eigenvalue weighted by Crippen LogP contribution is 2.43. The highest BCUT2D eigenvalue weighted by atomic mass is 15.3. The Labute approximate surface area is 128 Å². The fraction of sp³-hybridized carbons (Fsp3) is 0.684. The molecule has 0 aromatic heterocycles. The molecule has 2 fully saturated rings. The van der Waals surface area contributed by atoms with Crippen molar-refractivity contribution in [3.8, 4) is 0 Å². The molecule has 2 heteroatoms. The molecule has 1 N–H and O–H groups in total. The summed E-state index contributed by atoms with van der Waals surface area (Å²) in [6.07, 6.45) is 6.82. The second-order valence-corrected chi connectivity index (χ2v) is 7.31. The molecule has 3 aliphatic rings. The number of hydrogen-bond acceptors (Lipinski definition) is 2. The molecule has 1 aromatic rings. The van der Waals surface area contributed by atoms with Crippen LogP contribution in [0.3, 0.4) is 0 Å². The van der Waals surface area contributed by atoms with Crippen molar-refractivity contribution >= 4 is 0 Å². The molecule has 1 heterocycles. The lowest BCUT2D eigenvalue weighted by molar-refractivity contribution is 0.0530. The van der Waals surface area contributed by atoms with Crippen LogP contribution >= 0.6 is 0 Å². The van der Waals surface area contributed by atoms with Gasteiger partial charge in [-0.05, 0) is 61.6 Å². The lowest BCUT2D eigenvalue weighted by Gasteiger charge is -2.45. The van der Waals surface area contributed by atoms with Crippen LogP contribution in [-0.4, -0.2) is 36.6 Å². The zero-order chi connectivity index (χ0) is 14.2. The molecule has 2 unspecified atom stereocenters. The largest absolute Gasteiger partial charge is 0.314 e. The van der Waals surface area contributed by atoms with Gasteiger partial charge in [-0.1, -0.05) is 31.2 Å². The summed E-state index contributed by atoms with van der Waals surface area (Å²) in [5, 5.41) is 3.48. The van der Waals surface area contributed by atoms with E-state index < -0.39 is 0 Å². The first-order valence-electron chi connectivity index (χ1n) is 8.90. The van der Waals surface area contributed by atoms with Crippen molar-refractivity contribution in [2.24, 2.45) is 11.8 Å². The molecular formula is C19H28N2. The molecule has 4 rings (SSSR count). The predicted molar refractivity (Wildman–Crippen MR) is 87.5 cm³/mol. The fourth-order valence-electron chi connectivity index (χ4n) is 5.00. The van der Waals surface area contributed by atoms with Crippen LogP contribution in [0, 0.1) is 11.8 Å². The molecule has 1 saturated heterocycles. The summed E-state index contributed by atoms with van der Waals surface area (Å²) < 4.78 is 0. The Bertz CT molecular complexity index is 461. The van der Waals surface area contributed by atoms with E-state index in [-0.39, 0.29) is 0 Å². The van der Waals surface area contributed by atoms with Crippen LogP contribution in [0.2, 0.25) is 0 Å². The van der Waals surface area contributed by atoms with E-state index in [1.165, 1.54) is 51.7 Å². The molecule has 2 nitrogen and oxygen atoms in total. The summed E-state index contributed by atoms with van der Waals surface area (Å²) in [5.41, 5.74) is 3.27. The Morgan fingerprint density at radius 1 is 1.05 bits per heavy atom. The molecular weight excluding hydrogens is 256 g/mol. The van der Waals surface area contributed by atoms with Gasteiger partial charge < -0.3 is 5.32 Å². The maximum atomic E-state index is 3.48. The van der Waals surface area contributed by atoms with Crippen LogP contribution in [0.15, 0.2) is 24.3 Å². The number of rotatable bonds is 4. The van der Waals surface area contributed by atoms with Crippen molar-refractivity contribution in [1.82, 2.24) is 10.2 Å². The highest BCUT2D eigenvalue weighted by Gasteiger charge is 2.44. The van der Waals surface area contributed by atoms with E-state index in [1.807, 2.05) is 0 Å². The third-order valence-electron chi connectivity index (χ3n) is 6.05. The van der Waals surface area contributed by atoms with Gasteiger partial charge in [-0.15, -0.1) is 0 Å². The number of benzene rings is 1. The Morgan fingerprint density at radius 2 is 1.67 bits per heavy atom. The first-order valence-corrected chi connectivity index (χ1v) is 8.90. The maximum Gasteiger partial charge on any atom is 0.0348 e. The van der Waals surface area contributed by atoms with Gasteiger partial charge in [-0.2, -0.15) is 0 Å². The molecule has 0 spiro atoms. The van der Waals surface area contributed by atoms with E-state index in [0.717, 1.165) is 23.9 Å². The summed E-state index contributed by atoms with van der Waals surface area (Å²) in [6.45, 7) is 6.05. The summed E-state index contributed by atoms with van der Waals surface area (Å²) in [4.78, 5) is 2.89. The van der Waals surface area contributed by atoms with Crippen molar-refractivity contribution in [2.45, 2.75) is 51.1 Å². The molecule has 21 heavy (non-hydrogen) atoms. The topological polar surface area (TPSA) is 15.3 Å². The lowest BCUT2D eigenvalue weighted by Crippen LogP contribution is -2.61. The first-order chi connectivity index (χ1) is 10.4. The van der Waals surface area contributed by atoms with E-state index in [4.69, 9.17) is 0 Å². The van der Waals surface area contributed by atoms with E-state index in [1.54, 1.807) is 11.1 Å². The lowest BCUT2D eigenvalue weighted by atomic mass is 9.91. The normalized spacial score (nSPS) is 31.8. The van der Waals surface area contributed by atoms with Crippen LogP contribution in [-0.2, 0) is 12.8 Å². The van der Waals surface area contributed by atoms with E-state index in [0.29, 0.717) is 0 Å². The molecule has 2 aliphatic carbocycles. The van der Waals surface area contributed by atoms with Gasteiger partial charge >= 0.3 is 0 Å². The standard InChI is InChI=1S/C19H28N2/c1-2-9-21(18-12-20-13-18)19-16-7-8-17(19)11-15-6-4-3-5-14(15)10-16/h3-6,16-20H,2,7-13H2,1H3. The molecule has 0 amide bonds. The second-order valence-electron chi connectivity index (χ2n) is 7.31. The van der Waals surface area contributed by atoms with Gasteiger partial charge in [0, 0.05) is 25.2 Å². The van der Waals surface area contributed by atoms with Gasteiger partial charge in [0.05, 0.1) is 0 Å². The molecule has 0 radical (unpaired) electrons. The number of nitrogens with one attached hydrogen (secondary N) is 1. The summed E-state index contributed by atoms with van der Waals surface area (Å²) >= 11 is 0. The van der Waals surface area contributed by atoms with Gasteiger partial charge in [0.25, 0.3) is 0 Å². The van der Waals surface area contributed by atoms with Crippen molar-refractivity contribution in [3.63, 3.8) is 0 Å². The third kappa shape index (κ3) is 2.43. The van der Waals surface area contributed by atoms with Gasteiger partial charge in [0.2, 0.25) is 0 Å². The van der Waals surface area contributed by atoms with Crippen molar-refractivity contribution in [2.75, 3.05) is 19.6 Å². The average molecular weight is 284 g/mol. The molecule has 1 aromatic carbocycles. The second kappa shape index (κ2) is 5.73. The van der Waals surface area contributed by atoms with E-state index >= 15 is 0 Å². The number of nitrogens with zero attached hydrogens (tertiary/aromatic N) is 1. The predicted octanol–water partition coefficient (Wildman–Crippen LogP) is 2.86. The van der Waals surface area contributed by atoms with Gasteiger partial charge in [-0.3, -0.25) is 4.90 Å². The average Bonchev–Trinajstić information content (AvgIpc) is 2.71. The van der Waals surface area contributed by atoms with Crippen LogP contribution < -0.4 is 5.32 Å². The molecule has 1 saturated carbocycles. The SMILES string of the molecule is CCCN(C1CNC1)C1C2CCC1Cc1ccccc1C2. The summed E-state index contributed by atoms with van der Waals surface area (Å²) in [5.74, 6) is 1.79. The Kier molecular flexibility index (Phi) is 3.76. The molecule has 1 aliphatic heterocycles. The highest BCUT2D eigenvalue weighted by molar-refractivity contribution is 5.31. The smallest absolute Gasteiger partial charge is 0.0348 e. The van der Waals surface area contributed by atoms with Crippen molar-refractivity contribution in [3.05, 3.63) is 35.4 Å². The number of fused-ring (bicyclic) bond motifs is 3. The summed E-state index contributed by atoms with van der Waals surface area (Å²) in [7, 11) is 0. The van der Waals surface area contributed by atoms with Crippen LogP contribution in [0.25, 0.3) is 0 Å². The molecule has 2 bridgehead atoms. The van der Waals surface area contributed by atoms with Crippen LogP contribution in [0.5, 0.6) is 0 Å². The summed E-state index contributed by atoms with van der Waals surface area (Å²) in [6, 6.07) is 10.9. The third-order valence-corrected chi connectivity index (χ3v) is 6.05. The Balaban J connectivity index is 1.61. The fourth-order valence-corrected chi connectivity index (χ4v) is 5.00. The maximum absolute atomic E-state index is 3.48. The Hall–Kier alpha value is -0.860. The van der Waals surface area contributed by atoms with E-state index in [9.17, 15) is 0 Å². The minimum absolute atomic E-state index is 0.805. The van der Waals surface area contributed by atoms with Crippen molar-refractivity contribution in [1.29, 1.82) is 0 Å². The van der Waals surface area contributed by atoms with Crippen LogP contribution in [0.4, 0.5) is 0 Å². The van der Waals surface area contributed by atoms with Gasteiger partial charge in [-0.25, -0.2) is 0 Å². The quantitative estimate of drug-likeness (QED) is 0.914.